The van der Waals surface area contributed by atoms with Gasteiger partial charge in [-0.3, -0.25) is 14.5 Å². The monoisotopic (exact) mass is 599 g/mol. The van der Waals surface area contributed by atoms with Crippen LogP contribution in [0.1, 0.15) is 45.1 Å². The van der Waals surface area contributed by atoms with Crippen LogP contribution in [0.4, 0.5) is 36.7 Å². The second-order valence-electron chi connectivity index (χ2n) is 11.2. The summed E-state index contributed by atoms with van der Waals surface area (Å²) < 4.78 is 55.9. The number of anilines is 4. The number of hydrogen-bond acceptors (Lipinski definition) is 7. The summed E-state index contributed by atoms with van der Waals surface area (Å²) in [7, 11) is 0.0537. The average molecular weight is 600 g/mol. The van der Waals surface area contributed by atoms with Gasteiger partial charge in [0.2, 0.25) is 5.95 Å². The predicted molar refractivity (Wildman–Crippen MR) is 158 cm³/mol. The minimum atomic E-state index is -4.15. The van der Waals surface area contributed by atoms with Gasteiger partial charge < -0.3 is 10.2 Å². The minimum Gasteiger partial charge on any atom is -0.351 e. The average Bonchev–Trinajstić information content (AvgIpc) is 2.94. The van der Waals surface area contributed by atoms with Crippen LogP contribution >= 0.6 is 0 Å². The van der Waals surface area contributed by atoms with Crippen LogP contribution in [0.5, 0.6) is 0 Å². The molecule has 0 saturated heterocycles. The van der Waals surface area contributed by atoms with Gasteiger partial charge in [0.1, 0.15) is 17.5 Å². The third-order valence-electron chi connectivity index (χ3n) is 7.74. The molecule has 10 nitrogen and oxygen atoms in total. The van der Waals surface area contributed by atoms with Crippen molar-refractivity contribution in [2.24, 2.45) is 0 Å². The number of rotatable bonds is 8. The molecule has 1 fully saturated rings. The second-order valence-corrected chi connectivity index (χ2v) is 12.9. The van der Waals surface area contributed by atoms with E-state index in [1.54, 1.807) is 11.1 Å². The van der Waals surface area contributed by atoms with Gasteiger partial charge >= 0.3 is 6.03 Å². The van der Waals surface area contributed by atoms with Crippen molar-refractivity contribution in [3.63, 3.8) is 0 Å². The van der Waals surface area contributed by atoms with Gasteiger partial charge in [-0.25, -0.2) is 27.0 Å². The third-order valence-corrected chi connectivity index (χ3v) is 9.13. The number of amides is 2. The molecule has 2 heterocycles. The zero-order valence-electron chi connectivity index (χ0n) is 24.0. The van der Waals surface area contributed by atoms with Gasteiger partial charge in [-0.1, -0.05) is 0 Å². The highest BCUT2D eigenvalue weighted by molar-refractivity contribution is 7.92. The van der Waals surface area contributed by atoms with E-state index in [9.17, 15) is 17.6 Å². The topological polar surface area (TPSA) is 111 Å². The van der Waals surface area contributed by atoms with Gasteiger partial charge in [-0.15, -0.1) is 0 Å². The zero-order valence-corrected chi connectivity index (χ0v) is 24.8. The van der Waals surface area contributed by atoms with Crippen molar-refractivity contribution in [1.82, 2.24) is 14.9 Å². The summed E-state index contributed by atoms with van der Waals surface area (Å²) in [5.74, 6) is -0.478. The highest BCUT2D eigenvalue weighted by Gasteiger charge is 2.35. The fraction of sp³-hybridized carbons (Fsp3) is 0.414. The zero-order chi connectivity index (χ0) is 30.2. The number of carbonyl (C=O) groups is 1. The summed E-state index contributed by atoms with van der Waals surface area (Å²) >= 11 is 0. The number of benzene rings is 2. The lowest BCUT2D eigenvalue weighted by Gasteiger charge is -2.38. The quantitative estimate of drug-likeness (QED) is 0.366. The van der Waals surface area contributed by atoms with E-state index in [2.05, 4.69) is 34.0 Å². The molecule has 3 aromatic rings. The summed E-state index contributed by atoms with van der Waals surface area (Å²) in [5, 5.41) is 3.44. The molecule has 0 radical (unpaired) electrons. The lowest BCUT2D eigenvalue weighted by atomic mass is 9.91. The summed E-state index contributed by atoms with van der Waals surface area (Å²) in [6.45, 7) is 3.86. The van der Waals surface area contributed by atoms with Crippen LogP contribution in [0.25, 0.3) is 0 Å². The van der Waals surface area contributed by atoms with E-state index < -0.39 is 21.7 Å². The maximum Gasteiger partial charge on any atom is 0.330 e. The number of sulfonamides is 1. The highest BCUT2D eigenvalue weighted by Crippen LogP contribution is 2.34. The Hall–Kier alpha value is -3.84. The number of halogens is 2. The molecule has 1 aliphatic heterocycles. The minimum absolute atomic E-state index is 0.117. The largest absolute Gasteiger partial charge is 0.351 e. The van der Waals surface area contributed by atoms with Crippen molar-refractivity contribution < 1.29 is 22.0 Å². The van der Waals surface area contributed by atoms with E-state index in [4.69, 9.17) is 4.98 Å². The number of hydrogen-bond donors (Lipinski definition) is 2. The first-order valence-corrected chi connectivity index (χ1v) is 15.4. The smallest absolute Gasteiger partial charge is 0.330 e. The summed E-state index contributed by atoms with van der Waals surface area (Å²) in [6, 6.07) is 8.21. The van der Waals surface area contributed by atoms with E-state index >= 15 is 4.39 Å². The number of nitrogens with zero attached hydrogens (tertiary/aromatic N) is 5. The summed E-state index contributed by atoms with van der Waals surface area (Å²) in [6.07, 6.45) is 5.87. The SMILES string of the molecule is CC(C)N1C(=O)N(c2ccc(NS(=O)(=O)c3ccc(F)cc3)c(F)c2)Cc2cnc(NC3CCC(N(C)C)CC3)nc21. The molecular weight excluding hydrogens is 564 g/mol. The first-order chi connectivity index (χ1) is 19.9. The fourth-order valence-corrected chi connectivity index (χ4v) is 6.47. The van der Waals surface area contributed by atoms with Crippen molar-refractivity contribution in [1.29, 1.82) is 0 Å². The Bertz CT molecular complexity index is 1560. The van der Waals surface area contributed by atoms with Crippen LogP contribution in [0.15, 0.2) is 53.6 Å². The van der Waals surface area contributed by atoms with Crippen LogP contribution in [-0.2, 0) is 16.6 Å². The molecule has 1 aromatic heterocycles. The lowest BCUT2D eigenvalue weighted by Crippen LogP contribution is -2.51. The maximum absolute atomic E-state index is 15.2. The Morgan fingerprint density at radius 2 is 1.71 bits per heavy atom. The number of fused-ring (bicyclic) bond motifs is 1. The van der Waals surface area contributed by atoms with Crippen molar-refractivity contribution in [2.75, 3.05) is 33.9 Å². The van der Waals surface area contributed by atoms with E-state index in [0.29, 0.717) is 23.4 Å². The molecule has 1 aliphatic carbocycles. The Kier molecular flexibility index (Phi) is 8.33. The van der Waals surface area contributed by atoms with Gasteiger partial charge in [0, 0.05) is 35.6 Å². The molecular formula is C29H35F2N7O3S. The normalized spacial score (nSPS) is 19.3. The van der Waals surface area contributed by atoms with E-state index in [-0.39, 0.29) is 40.9 Å². The van der Waals surface area contributed by atoms with Gasteiger partial charge in [-0.2, -0.15) is 4.98 Å². The predicted octanol–water partition coefficient (Wildman–Crippen LogP) is 5.20. The molecule has 0 unspecified atom stereocenters. The number of urea groups is 1. The van der Waals surface area contributed by atoms with Gasteiger partial charge in [0.15, 0.2) is 0 Å². The Balaban J connectivity index is 1.35. The molecule has 0 bridgehead atoms. The van der Waals surface area contributed by atoms with Crippen LogP contribution in [0.2, 0.25) is 0 Å². The van der Waals surface area contributed by atoms with Gasteiger partial charge in [0.25, 0.3) is 10.0 Å². The number of aromatic nitrogens is 2. The molecule has 42 heavy (non-hydrogen) atoms. The standard InChI is InChI=1S/C29H35F2N7O3S/c1-18(2)38-27-19(16-32-28(34-27)33-21-7-9-22(10-8-21)36(3)4)17-37(29(38)39)23-11-14-26(25(31)15-23)35-42(40,41)24-12-5-20(30)6-13-24/h5-6,11-16,18,21-22,35H,7-10,17H2,1-4H3,(H,32,33,34). The molecule has 2 amide bonds. The van der Waals surface area contributed by atoms with E-state index in [1.165, 1.54) is 17.0 Å². The first kappa shape index (κ1) is 29.6. The Morgan fingerprint density at radius 3 is 2.33 bits per heavy atom. The van der Waals surface area contributed by atoms with Crippen LogP contribution in [0, 0.1) is 11.6 Å². The molecule has 2 aromatic carbocycles. The third kappa shape index (κ3) is 6.16. The molecule has 2 aliphatic rings. The molecule has 224 valence electrons. The molecule has 5 rings (SSSR count). The van der Waals surface area contributed by atoms with E-state index in [1.807, 2.05) is 13.8 Å². The lowest BCUT2D eigenvalue weighted by molar-refractivity contribution is 0.221. The van der Waals surface area contributed by atoms with Gasteiger partial charge in [-0.05, 0) is 96.1 Å². The molecule has 2 N–H and O–H groups in total. The van der Waals surface area contributed by atoms with E-state index in [0.717, 1.165) is 56.0 Å². The van der Waals surface area contributed by atoms with Crippen LogP contribution in [0.3, 0.4) is 0 Å². The highest BCUT2D eigenvalue weighted by atomic mass is 32.2. The van der Waals surface area contributed by atoms with Crippen LogP contribution < -0.4 is 19.8 Å². The fourth-order valence-electron chi connectivity index (χ4n) is 5.40. The molecule has 13 heteroatoms. The second kappa shape index (κ2) is 11.8. The molecule has 0 atom stereocenters. The summed E-state index contributed by atoms with van der Waals surface area (Å²) in [4.78, 5) is 27.9. The Morgan fingerprint density at radius 1 is 1.02 bits per heavy atom. The number of nitrogens with one attached hydrogen (secondary N) is 2. The maximum atomic E-state index is 15.2. The molecule has 0 spiro atoms. The van der Waals surface area contributed by atoms with Crippen molar-refractivity contribution >= 4 is 39.2 Å². The first-order valence-electron chi connectivity index (χ1n) is 13.9. The summed E-state index contributed by atoms with van der Waals surface area (Å²) in [5.41, 5.74) is 0.650. The van der Waals surface area contributed by atoms with Crippen molar-refractivity contribution in [2.45, 2.75) is 69.1 Å². The van der Waals surface area contributed by atoms with Crippen LogP contribution in [-0.4, -0.2) is 61.5 Å². The van der Waals surface area contributed by atoms with Crippen molar-refractivity contribution in [3.8, 4) is 0 Å². The molecule has 1 saturated carbocycles. The number of carbonyl (C=O) groups excluding carboxylic acids is 1. The van der Waals surface area contributed by atoms with Crippen molar-refractivity contribution in [3.05, 3.63) is 65.9 Å². The van der Waals surface area contributed by atoms with Gasteiger partial charge in [0.05, 0.1) is 17.1 Å². The Labute approximate surface area is 244 Å².